The van der Waals surface area contributed by atoms with Crippen molar-refractivity contribution < 1.29 is 14.3 Å². The maximum absolute atomic E-state index is 12.3. The van der Waals surface area contributed by atoms with Crippen molar-refractivity contribution >= 4 is 11.7 Å². The fourth-order valence-corrected chi connectivity index (χ4v) is 2.97. The predicted octanol–water partition coefficient (Wildman–Crippen LogP) is 1.96. The lowest BCUT2D eigenvalue weighted by Gasteiger charge is -2.28. The molecule has 0 spiro atoms. The average molecular weight is 312 g/mol. The molecule has 23 heavy (non-hydrogen) atoms. The molecule has 1 aromatic heterocycles. The first-order chi connectivity index (χ1) is 11.1. The molecular weight excluding hydrogens is 296 g/mol. The zero-order valence-corrected chi connectivity index (χ0v) is 13.0. The van der Waals surface area contributed by atoms with Crippen LogP contribution in [0.2, 0.25) is 0 Å². The Bertz CT molecular complexity index is 806. The SMILES string of the molecule is COc1ccc(C2c3c(n[nH]c3C)NC(=O)C2C#N)c(OC)c1. The molecule has 0 saturated heterocycles. The first-order valence-corrected chi connectivity index (χ1v) is 7.08. The molecule has 0 bridgehead atoms. The summed E-state index contributed by atoms with van der Waals surface area (Å²) in [5.41, 5.74) is 2.36. The minimum Gasteiger partial charge on any atom is -0.497 e. The Morgan fingerprint density at radius 2 is 2.09 bits per heavy atom. The Morgan fingerprint density at radius 3 is 2.74 bits per heavy atom. The molecule has 118 valence electrons. The molecular formula is C16H16N4O3. The van der Waals surface area contributed by atoms with Crippen molar-refractivity contribution in [2.75, 3.05) is 19.5 Å². The minimum absolute atomic E-state index is 0.366. The topological polar surface area (TPSA) is 100 Å². The Balaban J connectivity index is 2.22. The Kier molecular flexibility index (Phi) is 3.66. The molecule has 1 aromatic carbocycles. The number of hydrogen-bond acceptors (Lipinski definition) is 5. The molecule has 2 atom stereocenters. The highest BCUT2D eigenvalue weighted by Crippen LogP contribution is 2.44. The molecule has 2 heterocycles. The van der Waals surface area contributed by atoms with Gasteiger partial charge in [0.05, 0.1) is 20.3 Å². The summed E-state index contributed by atoms with van der Waals surface area (Å²) in [6, 6.07) is 7.45. The molecule has 0 radical (unpaired) electrons. The van der Waals surface area contributed by atoms with Gasteiger partial charge in [0.15, 0.2) is 5.82 Å². The highest BCUT2D eigenvalue weighted by Gasteiger charge is 2.41. The molecule has 2 unspecified atom stereocenters. The van der Waals surface area contributed by atoms with Gasteiger partial charge in [-0.3, -0.25) is 9.89 Å². The second-order valence-corrected chi connectivity index (χ2v) is 5.29. The second-order valence-electron chi connectivity index (χ2n) is 5.29. The van der Waals surface area contributed by atoms with Crippen molar-refractivity contribution in [2.24, 2.45) is 5.92 Å². The van der Waals surface area contributed by atoms with Crippen LogP contribution in [0.25, 0.3) is 0 Å². The van der Waals surface area contributed by atoms with Crippen LogP contribution in [0.4, 0.5) is 5.82 Å². The summed E-state index contributed by atoms with van der Waals surface area (Å²) >= 11 is 0. The van der Waals surface area contributed by atoms with E-state index in [1.807, 2.05) is 13.0 Å². The van der Waals surface area contributed by atoms with E-state index in [0.29, 0.717) is 17.3 Å². The highest BCUT2D eigenvalue weighted by molar-refractivity contribution is 5.98. The summed E-state index contributed by atoms with van der Waals surface area (Å²) in [5, 5.41) is 19.1. The number of hydrogen-bond donors (Lipinski definition) is 2. The summed E-state index contributed by atoms with van der Waals surface area (Å²) in [6.07, 6.45) is 0. The number of aromatic nitrogens is 2. The van der Waals surface area contributed by atoms with E-state index >= 15 is 0 Å². The number of H-pyrrole nitrogens is 1. The number of carbonyl (C=O) groups excluding carboxylic acids is 1. The van der Waals surface area contributed by atoms with Crippen LogP contribution in [0.15, 0.2) is 18.2 Å². The molecule has 0 saturated carbocycles. The first kappa shape index (κ1) is 14.9. The third-order valence-corrected chi connectivity index (χ3v) is 4.08. The number of anilines is 1. The maximum atomic E-state index is 12.3. The van der Waals surface area contributed by atoms with Gasteiger partial charge >= 0.3 is 0 Å². The van der Waals surface area contributed by atoms with Crippen LogP contribution < -0.4 is 14.8 Å². The van der Waals surface area contributed by atoms with E-state index < -0.39 is 11.8 Å². The number of methoxy groups -OCH3 is 2. The van der Waals surface area contributed by atoms with E-state index in [9.17, 15) is 10.1 Å². The number of ether oxygens (including phenoxy) is 2. The molecule has 0 aliphatic carbocycles. The number of benzene rings is 1. The van der Waals surface area contributed by atoms with E-state index in [1.54, 1.807) is 26.4 Å². The minimum atomic E-state index is -0.860. The number of nitriles is 1. The summed E-state index contributed by atoms with van der Waals surface area (Å²) in [7, 11) is 3.12. The highest BCUT2D eigenvalue weighted by atomic mass is 16.5. The zero-order chi connectivity index (χ0) is 16.6. The van der Waals surface area contributed by atoms with Gasteiger partial charge in [0.25, 0.3) is 0 Å². The summed E-state index contributed by atoms with van der Waals surface area (Å²) < 4.78 is 10.7. The van der Waals surface area contributed by atoms with Crippen molar-refractivity contribution in [2.45, 2.75) is 12.8 Å². The van der Waals surface area contributed by atoms with E-state index in [-0.39, 0.29) is 5.91 Å². The van der Waals surface area contributed by atoms with Crippen LogP contribution in [0.5, 0.6) is 11.5 Å². The van der Waals surface area contributed by atoms with Gasteiger partial charge in [0.2, 0.25) is 5.91 Å². The maximum Gasteiger partial charge on any atom is 0.243 e. The lowest BCUT2D eigenvalue weighted by Crippen LogP contribution is -2.33. The number of aromatic amines is 1. The van der Waals surface area contributed by atoms with E-state index in [4.69, 9.17) is 9.47 Å². The Morgan fingerprint density at radius 1 is 1.30 bits per heavy atom. The van der Waals surface area contributed by atoms with E-state index in [2.05, 4.69) is 21.6 Å². The molecule has 2 aromatic rings. The number of carbonyl (C=O) groups is 1. The largest absolute Gasteiger partial charge is 0.497 e. The fourth-order valence-electron chi connectivity index (χ4n) is 2.97. The van der Waals surface area contributed by atoms with Gasteiger partial charge in [-0.15, -0.1) is 0 Å². The Labute approximate surface area is 133 Å². The van der Waals surface area contributed by atoms with Crippen LogP contribution in [0, 0.1) is 24.2 Å². The van der Waals surface area contributed by atoms with Gasteiger partial charge in [0.1, 0.15) is 17.4 Å². The molecule has 0 fully saturated rings. The van der Waals surface area contributed by atoms with Crippen molar-refractivity contribution in [3.8, 4) is 17.6 Å². The number of aryl methyl sites for hydroxylation is 1. The van der Waals surface area contributed by atoms with Gasteiger partial charge in [-0.1, -0.05) is 6.07 Å². The van der Waals surface area contributed by atoms with Gasteiger partial charge in [0, 0.05) is 28.8 Å². The predicted molar refractivity (Wildman–Crippen MR) is 82.4 cm³/mol. The molecule has 1 amide bonds. The summed E-state index contributed by atoms with van der Waals surface area (Å²) in [6.45, 7) is 1.86. The molecule has 2 N–H and O–H groups in total. The van der Waals surface area contributed by atoms with Crippen molar-refractivity contribution in [1.29, 1.82) is 5.26 Å². The molecule has 1 aliphatic rings. The van der Waals surface area contributed by atoms with Crippen molar-refractivity contribution in [3.05, 3.63) is 35.0 Å². The molecule has 7 heteroatoms. The van der Waals surface area contributed by atoms with Crippen LogP contribution in [-0.2, 0) is 4.79 Å². The first-order valence-electron chi connectivity index (χ1n) is 7.08. The monoisotopic (exact) mass is 312 g/mol. The molecule has 1 aliphatic heterocycles. The standard InChI is InChI=1S/C16H16N4O3/c1-8-13-14(10-5-4-9(22-2)6-12(10)23-3)11(7-17)16(21)18-15(13)20-19-8/h4-6,11,14H,1-3H3,(H2,18,19,20,21). The van der Waals surface area contributed by atoms with Gasteiger partial charge < -0.3 is 14.8 Å². The number of fused-ring (bicyclic) bond motifs is 1. The average Bonchev–Trinajstić information content (AvgIpc) is 2.93. The van der Waals surface area contributed by atoms with Crippen molar-refractivity contribution in [1.82, 2.24) is 10.2 Å². The third kappa shape index (κ3) is 2.28. The Hall–Kier alpha value is -3.01. The van der Waals surface area contributed by atoms with Crippen molar-refractivity contribution in [3.63, 3.8) is 0 Å². The quantitative estimate of drug-likeness (QED) is 0.902. The third-order valence-electron chi connectivity index (χ3n) is 4.08. The van der Waals surface area contributed by atoms with Gasteiger partial charge in [-0.2, -0.15) is 10.4 Å². The lowest BCUT2D eigenvalue weighted by molar-refractivity contribution is -0.119. The zero-order valence-electron chi connectivity index (χ0n) is 13.0. The van der Waals surface area contributed by atoms with E-state index in [0.717, 1.165) is 16.8 Å². The number of rotatable bonds is 3. The smallest absolute Gasteiger partial charge is 0.243 e. The van der Waals surface area contributed by atoms with Crippen LogP contribution in [0.3, 0.4) is 0 Å². The molecule has 3 rings (SSSR count). The van der Waals surface area contributed by atoms with Crippen LogP contribution in [0.1, 0.15) is 22.7 Å². The summed E-state index contributed by atoms with van der Waals surface area (Å²) in [5.74, 6) is -0.0138. The number of amides is 1. The fraction of sp³-hybridized carbons (Fsp3) is 0.312. The normalized spacial score (nSPS) is 19.5. The molecule has 7 nitrogen and oxygen atoms in total. The van der Waals surface area contributed by atoms with Gasteiger partial charge in [-0.05, 0) is 13.0 Å². The summed E-state index contributed by atoms with van der Waals surface area (Å²) in [4.78, 5) is 12.3. The lowest BCUT2D eigenvalue weighted by atomic mass is 9.78. The van der Waals surface area contributed by atoms with E-state index in [1.165, 1.54) is 0 Å². The second kappa shape index (κ2) is 5.65. The van der Waals surface area contributed by atoms with Gasteiger partial charge in [-0.25, -0.2) is 0 Å². The number of nitrogens with one attached hydrogen (secondary N) is 2. The number of nitrogens with zero attached hydrogens (tertiary/aromatic N) is 2. The van der Waals surface area contributed by atoms with Crippen LogP contribution >= 0.6 is 0 Å². The van der Waals surface area contributed by atoms with Crippen LogP contribution in [-0.4, -0.2) is 30.3 Å².